The van der Waals surface area contributed by atoms with Crippen molar-refractivity contribution in [2.75, 3.05) is 0 Å². The number of hydrogen-bond acceptors (Lipinski definition) is 4. The molecule has 0 saturated carbocycles. The third-order valence-corrected chi connectivity index (χ3v) is 3.17. The Morgan fingerprint density at radius 1 is 1.30 bits per heavy atom. The third-order valence-electron chi connectivity index (χ3n) is 2.82. The van der Waals surface area contributed by atoms with Crippen LogP contribution in [-0.4, -0.2) is 14.1 Å². The average Bonchev–Trinajstić information content (AvgIpc) is 2.40. The first-order valence-electron chi connectivity index (χ1n) is 5.59. The van der Waals surface area contributed by atoms with E-state index in [4.69, 9.17) is 11.6 Å². The number of hydrogen-bond donors (Lipinski definition) is 0. The number of aryl methyl sites for hydroxylation is 1. The summed E-state index contributed by atoms with van der Waals surface area (Å²) >= 11 is 5.94. The molecule has 0 fully saturated rings. The Morgan fingerprint density at radius 3 is 2.60 bits per heavy atom. The first-order valence-corrected chi connectivity index (χ1v) is 5.97. The molecule has 1 aromatic carbocycles. The molecule has 0 aliphatic heterocycles. The number of halogens is 1. The van der Waals surface area contributed by atoms with Gasteiger partial charge < -0.3 is 4.57 Å². The van der Waals surface area contributed by atoms with Crippen LogP contribution in [-0.2, 0) is 13.6 Å². The first kappa shape index (κ1) is 14.0. The highest BCUT2D eigenvalue weighted by Crippen LogP contribution is 2.22. The molecule has 2 rings (SSSR count). The van der Waals surface area contributed by atoms with Crippen molar-refractivity contribution in [3.63, 3.8) is 0 Å². The van der Waals surface area contributed by atoms with Gasteiger partial charge in [-0.15, -0.1) is 0 Å². The lowest BCUT2D eigenvalue weighted by molar-refractivity contribution is -0.384. The van der Waals surface area contributed by atoms with Crippen LogP contribution in [0.5, 0.6) is 0 Å². The molecule has 0 bridgehead atoms. The fourth-order valence-electron chi connectivity index (χ4n) is 1.71. The van der Waals surface area contributed by atoms with Crippen molar-refractivity contribution in [1.82, 2.24) is 9.13 Å². The molecule has 0 atom stereocenters. The van der Waals surface area contributed by atoms with E-state index >= 15 is 0 Å². The number of nitrogens with zero attached hydrogens (tertiary/aromatic N) is 3. The van der Waals surface area contributed by atoms with Gasteiger partial charge in [-0.05, 0) is 11.6 Å². The van der Waals surface area contributed by atoms with Crippen LogP contribution < -0.4 is 11.2 Å². The number of non-ortho nitro benzene ring substituents is 1. The van der Waals surface area contributed by atoms with Gasteiger partial charge in [-0.2, -0.15) is 0 Å². The second-order valence-corrected chi connectivity index (χ2v) is 4.57. The SMILES string of the molecule is Cn1ccc(=O)n(Cc2ccc([N+](=O)[O-])cc2Cl)c1=O. The predicted octanol–water partition coefficient (Wildman–Crippen LogP) is 1.16. The lowest BCUT2D eigenvalue weighted by atomic mass is 10.2. The normalized spacial score (nSPS) is 10.5. The Bertz CT molecular complexity index is 794. The van der Waals surface area contributed by atoms with E-state index < -0.39 is 16.2 Å². The molecule has 0 saturated heterocycles. The second kappa shape index (κ2) is 5.30. The molecule has 0 spiro atoms. The summed E-state index contributed by atoms with van der Waals surface area (Å²) in [6.07, 6.45) is 1.37. The Kier molecular flexibility index (Phi) is 3.71. The summed E-state index contributed by atoms with van der Waals surface area (Å²) in [4.78, 5) is 33.6. The summed E-state index contributed by atoms with van der Waals surface area (Å²) in [6, 6.07) is 5.16. The minimum Gasteiger partial charge on any atom is -0.303 e. The van der Waals surface area contributed by atoms with Crippen LogP contribution in [0.25, 0.3) is 0 Å². The van der Waals surface area contributed by atoms with Gasteiger partial charge in [0.1, 0.15) is 0 Å². The largest absolute Gasteiger partial charge is 0.331 e. The van der Waals surface area contributed by atoms with Crippen molar-refractivity contribution in [3.8, 4) is 0 Å². The molecule has 0 aliphatic carbocycles. The maximum absolute atomic E-state index is 11.9. The van der Waals surface area contributed by atoms with Gasteiger partial charge in [0.15, 0.2) is 0 Å². The van der Waals surface area contributed by atoms with Crippen molar-refractivity contribution in [1.29, 1.82) is 0 Å². The van der Waals surface area contributed by atoms with Crippen LogP contribution >= 0.6 is 11.6 Å². The van der Waals surface area contributed by atoms with Gasteiger partial charge in [0.25, 0.3) is 11.2 Å². The van der Waals surface area contributed by atoms with Crippen LogP contribution in [0.1, 0.15) is 5.56 Å². The van der Waals surface area contributed by atoms with Crippen molar-refractivity contribution >= 4 is 17.3 Å². The molecule has 104 valence electrons. The third kappa shape index (κ3) is 2.62. The maximum Gasteiger partial charge on any atom is 0.331 e. The Labute approximate surface area is 117 Å². The highest BCUT2D eigenvalue weighted by Gasteiger charge is 2.11. The molecule has 0 N–H and O–H groups in total. The number of rotatable bonds is 3. The Morgan fingerprint density at radius 2 is 2.00 bits per heavy atom. The smallest absolute Gasteiger partial charge is 0.303 e. The van der Waals surface area contributed by atoms with Crippen LogP contribution in [0.2, 0.25) is 5.02 Å². The lowest BCUT2D eigenvalue weighted by Gasteiger charge is -2.08. The molecular weight excluding hydrogens is 286 g/mol. The van der Waals surface area contributed by atoms with Crippen LogP contribution in [0.15, 0.2) is 40.1 Å². The molecule has 0 amide bonds. The summed E-state index contributed by atoms with van der Waals surface area (Å²) in [7, 11) is 1.52. The molecule has 2 aromatic rings. The van der Waals surface area contributed by atoms with Crippen molar-refractivity contribution < 1.29 is 4.92 Å². The van der Waals surface area contributed by atoms with Crippen molar-refractivity contribution in [2.24, 2.45) is 7.05 Å². The predicted molar refractivity (Wildman–Crippen MR) is 73.2 cm³/mol. The summed E-state index contributed by atoms with van der Waals surface area (Å²) in [6.45, 7) is -0.0385. The van der Waals surface area contributed by atoms with E-state index in [9.17, 15) is 19.7 Å². The van der Waals surface area contributed by atoms with Crippen molar-refractivity contribution in [3.05, 3.63) is 72.0 Å². The fraction of sp³-hybridized carbons (Fsp3) is 0.167. The lowest BCUT2D eigenvalue weighted by Crippen LogP contribution is -2.38. The highest BCUT2D eigenvalue weighted by molar-refractivity contribution is 6.31. The van der Waals surface area contributed by atoms with E-state index in [0.29, 0.717) is 5.56 Å². The quantitative estimate of drug-likeness (QED) is 0.628. The van der Waals surface area contributed by atoms with E-state index in [1.807, 2.05) is 0 Å². The molecule has 1 aromatic heterocycles. The van der Waals surface area contributed by atoms with Gasteiger partial charge in [-0.25, -0.2) is 4.79 Å². The van der Waals surface area contributed by atoms with Gasteiger partial charge in [-0.3, -0.25) is 19.5 Å². The van der Waals surface area contributed by atoms with Crippen LogP contribution in [0.4, 0.5) is 5.69 Å². The van der Waals surface area contributed by atoms with E-state index in [2.05, 4.69) is 0 Å². The van der Waals surface area contributed by atoms with Crippen molar-refractivity contribution in [2.45, 2.75) is 6.54 Å². The summed E-state index contributed by atoms with van der Waals surface area (Å²) in [5.41, 5.74) is -0.621. The van der Waals surface area contributed by atoms with E-state index in [1.165, 1.54) is 42.1 Å². The first-order chi connectivity index (χ1) is 9.40. The summed E-state index contributed by atoms with van der Waals surface area (Å²) in [5, 5.41) is 10.8. The molecular formula is C12H10ClN3O4. The number of aromatic nitrogens is 2. The monoisotopic (exact) mass is 295 g/mol. The molecule has 0 unspecified atom stereocenters. The zero-order chi connectivity index (χ0) is 14.9. The molecule has 1 heterocycles. The zero-order valence-electron chi connectivity index (χ0n) is 10.4. The Hall–Kier alpha value is -2.41. The summed E-state index contributed by atoms with van der Waals surface area (Å²) < 4.78 is 2.27. The van der Waals surface area contributed by atoms with E-state index in [1.54, 1.807) is 0 Å². The van der Waals surface area contributed by atoms with E-state index in [-0.39, 0.29) is 17.3 Å². The minimum absolute atomic E-state index is 0.0385. The molecule has 20 heavy (non-hydrogen) atoms. The topological polar surface area (TPSA) is 87.1 Å². The number of benzene rings is 1. The van der Waals surface area contributed by atoms with Gasteiger partial charge in [-0.1, -0.05) is 11.6 Å². The maximum atomic E-state index is 11.9. The molecule has 0 aliphatic rings. The van der Waals surface area contributed by atoms with Crippen LogP contribution in [0.3, 0.4) is 0 Å². The fourth-order valence-corrected chi connectivity index (χ4v) is 1.94. The van der Waals surface area contributed by atoms with Gasteiger partial charge in [0.2, 0.25) is 0 Å². The molecule has 8 heteroatoms. The number of nitro benzene ring substituents is 1. The van der Waals surface area contributed by atoms with Gasteiger partial charge in [0.05, 0.1) is 16.5 Å². The van der Waals surface area contributed by atoms with Gasteiger partial charge in [0, 0.05) is 31.4 Å². The van der Waals surface area contributed by atoms with E-state index in [0.717, 1.165) is 4.57 Å². The zero-order valence-corrected chi connectivity index (χ0v) is 11.2. The minimum atomic E-state index is -0.566. The van der Waals surface area contributed by atoms with Crippen LogP contribution in [0, 0.1) is 10.1 Å². The second-order valence-electron chi connectivity index (χ2n) is 4.17. The summed E-state index contributed by atoms with van der Waals surface area (Å²) in [5.74, 6) is 0. The highest BCUT2D eigenvalue weighted by atomic mass is 35.5. The number of nitro groups is 1. The standard InChI is InChI=1S/C12H10ClN3O4/c1-14-5-4-11(17)15(12(14)18)7-8-2-3-9(16(19)20)6-10(8)13/h2-6H,7H2,1H3. The Balaban J connectivity index is 2.46. The molecule has 7 nitrogen and oxygen atoms in total. The average molecular weight is 296 g/mol. The molecule has 0 radical (unpaired) electrons. The van der Waals surface area contributed by atoms with Gasteiger partial charge >= 0.3 is 5.69 Å².